The van der Waals surface area contributed by atoms with E-state index in [1.54, 1.807) is 25.4 Å². The summed E-state index contributed by atoms with van der Waals surface area (Å²) >= 11 is 1.41. The zero-order valence-corrected chi connectivity index (χ0v) is 13.8. The number of methoxy groups -OCH3 is 1. The van der Waals surface area contributed by atoms with Crippen LogP contribution in [0, 0.1) is 0 Å². The highest BCUT2D eigenvalue weighted by atomic mass is 32.1. The number of nitrogens with one attached hydrogen (secondary N) is 1. The van der Waals surface area contributed by atoms with Gasteiger partial charge in [-0.05, 0) is 24.3 Å². The fourth-order valence-corrected chi connectivity index (χ4v) is 2.97. The standard InChI is InChI=1S/C16H16N4O2S/c1-20(2)13-8-7-10(9-17-13)15(21)19-16-18-14-11(22-3)5-4-6-12(14)23-16/h4-9H,1-3H3,(H,18,19,21). The fourth-order valence-electron chi connectivity index (χ4n) is 2.10. The Morgan fingerprint density at radius 3 is 2.74 bits per heavy atom. The van der Waals surface area contributed by atoms with Crippen molar-refractivity contribution in [3.8, 4) is 5.75 Å². The van der Waals surface area contributed by atoms with Crippen LogP contribution in [0.3, 0.4) is 0 Å². The lowest BCUT2D eigenvalue weighted by Gasteiger charge is -2.10. The van der Waals surface area contributed by atoms with E-state index in [0.717, 1.165) is 16.0 Å². The molecule has 0 fully saturated rings. The molecule has 7 heteroatoms. The molecule has 0 atom stereocenters. The van der Waals surface area contributed by atoms with Crippen LogP contribution in [0.4, 0.5) is 10.9 Å². The summed E-state index contributed by atoms with van der Waals surface area (Å²) in [6, 6.07) is 9.23. The highest BCUT2D eigenvalue weighted by molar-refractivity contribution is 7.22. The van der Waals surface area contributed by atoms with Crippen LogP contribution >= 0.6 is 11.3 Å². The van der Waals surface area contributed by atoms with Crippen LogP contribution < -0.4 is 15.0 Å². The molecule has 1 aromatic carbocycles. The number of fused-ring (bicyclic) bond motifs is 1. The number of nitrogens with zero attached hydrogens (tertiary/aromatic N) is 3. The maximum absolute atomic E-state index is 12.3. The van der Waals surface area contributed by atoms with Crippen LogP contribution in [0.15, 0.2) is 36.5 Å². The second-order valence-electron chi connectivity index (χ2n) is 5.08. The first-order valence-corrected chi connectivity index (χ1v) is 7.78. The minimum Gasteiger partial charge on any atom is -0.494 e. The molecule has 3 aromatic rings. The van der Waals surface area contributed by atoms with E-state index in [0.29, 0.717) is 16.4 Å². The average molecular weight is 328 g/mol. The molecule has 0 saturated heterocycles. The summed E-state index contributed by atoms with van der Waals surface area (Å²) in [5.74, 6) is 1.25. The van der Waals surface area contributed by atoms with Crippen molar-refractivity contribution in [2.75, 3.05) is 31.4 Å². The van der Waals surface area contributed by atoms with Crippen molar-refractivity contribution in [3.05, 3.63) is 42.1 Å². The molecule has 0 spiro atoms. The molecule has 118 valence electrons. The van der Waals surface area contributed by atoms with Gasteiger partial charge in [-0.1, -0.05) is 17.4 Å². The van der Waals surface area contributed by atoms with Crippen LogP contribution in [0.5, 0.6) is 5.75 Å². The molecule has 0 aliphatic carbocycles. The molecule has 0 bridgehead atoms. The molecular formula is C16H16N4O2S. The number of thiazole rings is 1. The Hall–Kier alpha value is -2.67. The molecule has 0 aliphatic rings. The number of carbonyl (C=O) groups excluding carboxylic acids is 1. The quantitative estimate of drug-likeness (QED) is 0.797. The van der Waals surface area contributed by atoms with Gasteiger partial charge >= 0.3 is 0 Å². The topological polar surface area (TPSA) is 67.3 Å². The second-order valence-corrected chi connectivity index (χ2v) is 6.11. The lowest BCUT2D eigenvalue weighted by molar-refractivity contribution is 0.102. The molecule has 23 heavy (non-hydrogen) atoms. The van der Waals surface area contributed by atoms with E-state index in [9.17, 15) is 4.79 Å². The Kier molecular flexibility index (Phi) is 4.12. The Morgan fingerprint density at radius 1 is 1.26 bits per heavy atom. The lowest BCUT2D eigenvalue weighted by atomic mass is 10.2. The van der Waals surface area contributed by atoms with Crippen molar-refractivity contribution in [2.45, 2.75) is 0 Å². The normalized spacial score (nSPS) is 10.6. The predicted octanol–water partition coefficient (Wildman–Crippen LogP) is 3.02. The summed E-state index contributed by atoms with van der Waals surface area (Å²) in [5, 5.41) is 3.34. The van der Waals surface area contributed by atoms with Crippen molar-refractivity contribution >= 4 is 38.4 Å². The first kappa shape index (κ1) is 15.2. The molecule has 3 rings (SSSR count). The predicted molar refractivity (Wildman–Crippen MR) is 92.7 cm³/mol. The van der Waals surface area contributed by atoms with Crippen molar-refractivity contribution in [1.29, 1.82) is 0 Å². The number of pyridine rings is 1. The van der Waals surface area contributed by atoms with Gasteiger partial charge in [0, 0.05) is 20.3 Å². The van der Waals surface area contributed by atoms with Crippen LogP contribution in [0.2, 0.25) is 0 Å². The Bertz CT molecular complexity index is 843. The van der Waals surface area contributed by atoms with E-state index in [-0.39, 0.29) is 5.91 Å². The summed E-state index contributed by atoms with van der Waals surface area (Å²) in [4.78, 5) is 22.8. The zero-order chi connectivity index (χ0) is 16.4. The molecule has 0 unspecified atom stereocenters. The smallest absolute Gasteiger partial charge is 0.259 e. The van der Waals surface area contributed by atoms with Crippen molar-refractivity contribution in [2.24, 2.45) is 0 Å². The highest BCUT2D eigenvalue weighted by Crippen LogP contribution is 2.32. The third-order valence-electron chi connectivity index (χ3n) is 3.29. The van der Waals surface area contributed by atoms with Crippen molar-refractivity contribution in [3.63, 3.8) is 0 Å². The summed E-state index contributed by atoms with van der Waals surface area (Å²) in [5.41, 5.74) is 1.23. The van der Waals surface area contributed by atoms with Gasteiger partial charge in [-0.15, -0.1) is 0 Å². The Labute approximate surface area is 137 Å². The van der Waals surface area contributed by atoms with Crippen LogP contribution in [-0.4, -0.2) is 37.1 Å². The molecule has 0 saturated carbocycles. The van der Waals surface area contributed by atoms with Gasteiger partial charge in [0.05, 0.1) is 17.4 Å². The van der Waals surface area contributed by atoms with Gasteiger partial charge in [-0.3, -0.25) is 10.1 Å². The third kappa shape index (κ3) is 3.09. The number of hydrogen-bond donors (Lipinski definition) is 1. The van der Waals surface area contributed by atoms with E-state index in [4.69, 9.17) is 4.74 Å². The van der Waals surface area contributed by atoms with Crippen LogP contribution in [-0.2, 0) is 0 Å². The van der Waals surface area contributed by atoms with E-state index in [2.05, 4.69) is 15.3 Å². The maximum Gasteiger partial charge on any atom is 0.259 e. The molecular weight excluding hydrogens is 312 g/mol. The molecule has 6 nitrogen and oxygen atoms in total. The minimum atomic E-state index is -0.235. The largest absolute Gasteiger partial charge is 0.494 e. The number of para-hydroxylation sites is 1. The van der Waals surface area contributed by atoms with Crippen LogP contribution in [0.25, 0.3) is 10.2 Å². The fraction of sp³-hybridized carbons (Fsp3) is 0.188. The minimum absolute atomic E-state index is 0.235. The Morgan fingerprint density at radius 2 is 2.09 bits per heavy atom. The number of carbonyl (C=O) groups is 1. The van der Waals surface area contributed by atoms with Crippen molar-refractivity contribution in [1.82, 2.24) is 9.97 Å². The van der Waals surface area contributed by atoms with Gasteiger partial charge in [0.1, 0.15) is 17.1 Å². The molecule has 2 heterocycles. The summed E-state index contributed by atoms with van der Waals surface area (Å²) in [7, 11) is 5.40. The molecule has 0 aliphatic heterocycles. The summed E-state index contributed by atoms with van der Waals surface area (Å²) in [6.07, 6.45) is 1.55. The van der Waals surface area contributed by atoms with Gasteiger partial charge in [0.2, 0.25) is 0 Å². The number of benzene rings is 1. The van der Waals surface area contributed by atoms with Gasteiger partial charge in [-0.25, -0.2) is 9.97 Å². The number of anilines is 2. The number of hydrogen-bond acceptors (Lipinski definition) is 6. The van der Waals surface area contributed by atoms with Gasteiger partial charge in [0.15, 0.2) is 5.13 Å². The van der Waals surface area contributed by atoms with Gasteiger partial charge in [0.25, 0.3) is 5.91 Å². The molecule has 0 radical (unpaired) electrons. The number of rotatable bonds is 4. The van der Waals surface area contributed by atoms with E-state index in [1.165, 1.54) is 11.3 Å². The van der Waals surface area contributed by atoms with Gasteiger partial charge < -0.3 is 9.64 Å². The first-order chi connectivity index (χ1) is 11.1. The average Bonchev–Trinajstić information content (AvgIpc) is 2.97. The second kappa shape index (κ2) is 6.21. The summed E-state index contributed by atoms with van der Waals surface area (Å²) < 4.78 is 6.24. The third-order valence-corrected chi connectivity index (χ3v) is 4.23. The SMILES string of the molecule is COc1cccc2sc(NC(=O)c3ccc(N(C)C)nc3)nc12. The van der Waals surface area contributed by atoms with Crippen molar-refractivity contribution < 1.29 is 9.53 Å². The number of ether oxygens (including phenoxy) is 1. The highest BCUT2D eigenvalue weighted by Gasteiger charge is 2.12. The zero-order valence-electron chi connectivity index (χ0n) is 13.0. The maximum atomic E-state index is 12.3. The lowest BCUT2D eigenvalue weighted by Crippen LogP contribution is -2.14. The van der Waals surface area contributed by atoms with E-state index in [1.807, 2.05) is 37.2 Å². The molecule has 1 amide bonds. The monoisotopic (exact) mass is 328 g/mol. The van der Waals surface area contributed by atoms with Gasteiger partial charge in [-0.2, -0.15) is 0 Å². The van der Waals surface area contributed by atoms with E-state index < -0.39 is 0 Å². The Balaban J connectivity index is 1.82. The number of amides is 1. The molecule has 1 N–H and O–H groups in total. The first-order valence-electron chi connectivity index (χ1n) is 6.97. The van der Waals surface area contributed by atoms with E-state index >= 15 is 0 Å². The van der Waals surface area contributed by atoms with Crippen LogP contribution in [0.1, 0.15) is 10.4 Å². The molecule has 2 aromatic heterocycles. The summed E-state index contributed by atoms with van der Waals surface area (Å²) in [6.45, 7) is 0. The number of aromatic nitrogens is 2.